The fraction of sp³-hybridized carbons (Fsp3) is 0.340. The van der Waals surface area contributed by atoms with Crippen LogP contribution in [-0.2, 0) is 59.2 Å². The second kappa shape index (κ2) is 22.4. The molecule has 2 fully saturated rings. The molecule has 0 bridgehead atoms. The Labute approximate surface area is 413 Å². The Morgan fingerprint density at radius 3 is 2.27 bits per heavy atom. The Balaban J connectivity index is 0.00000659. The van der Waals surface area contributed by atoms with Gasteiger partial charge in [-0.2, -0.15) is 9.78 Å². The highest BCUT2D eigenvalue weighted by Crippen LogP contribution is 2.34. The van der Waals surface area contributed by atoms with Crippen LogP contribution in [0.25, 0.3) is 28.2 Å². The largest absolute Gasteiger partial charge is 0.493 e. The SMILES string of the molecule is Cl.O=C1CC(N2Cc3cc(N4CCN(C(=O)COCCOCCOCCCc5ccc(-c6nn(-c7nc8cc(Cl)ccc8[nH]7)c(O)c6CCc6ccc(F)cc6)cc5)CC4)ccc3C2=O)C(=O)NC1=O. The van der Waals surface area contributed by atoms with E-state index >= 15 is 0 Å². The zero-order valence-electron chi connectivity index (χ0n) is 38.0. The van der Waals surface area contributed by atoms with Crippen LogP contribution in [0.3, 0.4) is 0 Å². The van der Waals surface area contributed by atoms with Crippen LogP contribution in [0.4, 0.5) is 10.1 Å². The number of imide groups is 1. The number of amides is 4. The summed E-state index contributed by atoms with van der Waals surface area (Å²) in [5, 5.41) is 18.9. The summed E-state index contributed by atoms with van der Waals surface area (Å²) in [6.45, 7) is 4.25. The predicted octanol–water partition coefficient (Wildman–Crippen LogP) is 5.39. The second-order valence-electron chi connectivity index (χ2n) is 17.1. The molecular formula is C50H51Cl2FN8O9. The van der Waals surface area contributed by atoms with Gasteiger partial charge in [-0.3, -0.25) is 29.3 Å². The first-order chi connectivity index (χ1) is 33.5. The van der Waals surface area contributed by atoms with Crippen molar-refractivity contribution in [1.29, 1.82) is 0 Å². The number of piperazine rings is 1. The molecule has 1 atom stereocenters. The topological polar surface area (TPSA) is 202 Å². The Hall–Kier alpha value is -6.70. The first-order valence-corrected chi connectivity index (χ1v) is 23.2. The van der Waals surface area contributed by atoms with E-state index in [0.717, 1.165) is 46.3 Å². The quantitative estimate of drug-likeness (QED) is 0.0532. The highest BCUT2D eigenvalue weighted by Gasteiger charge is 2.42. The third-order valence-corrected chi connectivity index (χ3v) is 12.8. The van der Waals surface area contributed by atoms with Gasteiger partial charge < -0.3 is 39.0 Å². The van der Waals surface area contributed by atoms with Crippen molar-refractivity contribution in [3.05, 3.63) is 124 Å². The van der Waals surface area contributed by atoms with Crippen LogP contribution in [0.5, 0.6) is 5.88 Å². The predicted molar refractivity (Wildman–Crippen MR) is 259 cm³/mol. The average Bonchev–Trinajstić information content (AvgIpc) is 4.03. The number of aromatic amines is 1. The van der Waals surface area contributed by atoms with Crippen molar-refractivity contribution in [2.45, 2.75) is 44.7 Å². The molecule has 20 heteroatoms. The number of nitrogens with zero attached hydrogens (tertiary/aromatic N) is 6. The number of halogens is 3. The maximum atomic E-state index is 13.6. The number of imidazole rings is 1. The zero-order valence-corrected chi connectivity index (χ0v) is 39.6. The van der Waals surface area contributed by atoms with Crippen molar-refractivity contribution in [3.8, 4) is 23.1 Å². The summed E-state index contributed by atoms with van der Waals surface area (Å²) in [6, 6.07) is 24.2. The Kier molecular flexibility index (Phi) is 15.9. The van der Waals surface area contributed by atoms with Crippen molar-refractivity contribution in [2.24, 2.45) is 0 Å². The maximum Gasteiger partial charge on any atom is 0.294 e. The normalized spacial score (nSPS) is 16.0. The highest BCUT2D eigenvalue weighted by molar-refractivity contribution is 6.41. The van der Waals surface area contributed by atoms with Crippen LogP contribution in [0.2, 0.25) is 5.02 Å². The summed E-state index contributed by atoms with van der Waals surface area (Å²) in [5.74, 6) is -2.77. The lowest BCUT2D eigenvalue weighted by Gasteiger charge is -2.36. The molecule has 3 aliphatic heterocycles. The summed E-state index contributed by atoms with van der Waals surface area (Å²) in [7, 11) is 0. The number of aromatic nitrogens is 4. The van der Waals surface area contributed by atoms with Gasteiger partial charge in [0, 0.05) is 73.2 Å². The number of anilines is 1. The molecule has 4 amide bonds. The fourth-order valence-electron chi connectivity index (χ4n) is 8.81. The van der Waals surface area contributed by atoms with E-state index in [1.54, 1.807) is 35.2 Å². The molecule has 2 saturated heterocycles. The first-order valence-electron chi connectivity index (χ1n) is 22.9. The van der Waals surface area contributed by atoms with Crippen molar-refractivity contribution in [1.82, 2.24) is 34.9 Å². The van der Waals surface area contributed by atoms with Crippen molar-refractivity contribution < 1.29 is 47.7 Å². The van der Waals surface area contributed by atoms with E-state index in [9.17, 15) is 33.5 Å². The van der Waals surface area contributed by atoms with Crippen LogP contribution in [0, 0.1) is 5.82 Å². The van der Waals surface area contributed by atoms with E-state index in [0.29, 0.717) is 98.8 Å². The molecule has 1 unspecified atom stereocenters. The Morgan fingerprint density at radius 2 is 1.51 bits per heavy atom. The van der Waals surface area contributed by atoms with Gasteiger partial charge in [0.15, 0.2) is 0 Å². The first kappa shape index (κ1) is 49.7. The lowest BCUT2D eigenvalue weighted by atomic mass is 9.99. The van der Waals surface area contributed by atoms with Gasteiger partial charge in [0.1, 0.15) is 24.2 Å². The van der Waals surface area contributed by atoms with E-state index in [1.807, 2.05) is 47.8 Å². The minimum atomic E-state index is -1.03. The number of carbonyl (C=O) groups excluding carboxylic acids is 5. The van der Waals surface area contributed by atoms with E-state index in [4.69, 9.17) is 30.9 Å². The van der Waals surface area contributed by atoms with Gasteiger partial charge in [-0.05, 0) is 90.9 Å². The summed E-state index contributed by atoms with van der Waals surface area (Å²) >= 11 is 6.19. The van der Waals surface area contributed by atoms with Crippen LogP contribution < -0.4 is 10.2 Å². The monoisotopic (exact) mass is 996 g/mol. The molecule has 3 aliphatic rings. The van der Waals surface area contributed by atoms with Gasteiger partial charge in [0.05, 0.1) is 37.5 Å². The van der Waals surface area contributed by atoms with Crippen molar-refractivity contribution in [3.63, 3.8) is 0 Å². The molecule has 366 valence electrons. The zero-order chi connectivity index (χ0) is 48.0. The molecule has 5 heterocycles. The molecule has 70 heavy (non-hydrogen) atoms. The minimum absolute atomic E-state index is 0. The van der Waals surface area contributed by atoms with E-state index < -0.39 is 23.6 Å². The summed E-state index contributed by atoms with van der Waals surface area (Å²) < 4.78 is 32.0. The molecule has 0 aliphatic carbocycles. The number of ketones is 1. The van der Waals surface area contributed by atoms with Crippen LogP contribution >= 0.6 is 24.0 Å². The molecular weight excluding hydrogens is 947 g/mol. The molecule has 6 aromatic rings. The van der Waals surface area contributed by atoms with Crippen LogP contribution in [0.1, 0.15) is 45.5 Å². The number of hydrogen-bond donors (Lipinski definition) is 3. The number of aromatic hydroxyl groups is 1. The maximum absolute atomic E-state index is 13.6. The van der Waals surface area contributed by atoms with Crippen molar-refractivity contribution in [2.75, 3.05) is 70.7 Å². The molecule has 0 spiro atoms. The Bertz CT molecular complexity index is 2890. The van der Waals surface area contributed by atoms with Crippen molar-refractivity contribution >= 4 is 70.1 Å². The van der Waals surface area contributed by atoms with Gasteiger partial charge in [0.25, 0.3) is 11.8 Å². The smallest absolute Gasteiger partial charge is 0.294 e. The van der Waals surface area contributed by atoms with Crippen LogP contribution in [-0.4, -0.2) is 136 Å². The number of piperidine rings is 1. The van der Waals surface area contributed by atoms with E-state index in [2.05, 4.69) is 14.9 Å². The molecule has 0 radical (unpaired) electrons. The number of carbonyl (C=O) groups is 5. The Morgan fingerprint density at radius 1 is 0.814 bits per heavy atom. The van der Waals surface area contributed by atoms with Gasteiger partial charge in [0.2, 0.25) is 29.4 Å². The molecule has 0 saturated carbocycles. The van der Waals surface area contributed by atoms with E-state index in [-0.39, 0.29) is 62.1 Å². The second-order valence-corrected chi connectivity index (χ2v) is 17.5. The van der Waals surface area contributed by atoms with Gasteiger partial charge in [-0.1, -0.05) is 48.0 Å². The number of fused-ring (bicyclic) bond motifs is 2. The lowest BCUT2D eigenvalue weighted by Crippen LogP contribution is -2.56. The minimum Gasteiger partial charge on any atom is -0.493 e. The summed E-state index contributed by atoms with van der Waals surface area (Å²) in [5.41, 5.74) is 7.65. The number of aryl methyl sites for hydroxylation is 2. The lowest BCUT2D eigenvalue weighted by molar-refractivity contribution is -0.147. The third kappa shape index (κ3) is 11.3. The number of benzene rings is 4. The summed E-state index contributed by atoms with van der Waals surface area (Å²) in [6.07, 6.45) is 2.30. The standard InChI is InChI=1S/C50H50ClFN8O9.ClH/c51-35-10-16-40-41(27-35)54-50(53-40)60-49(66)39(14-7-32-5-11-36(52)12-6-32)45(56-60)33-8-3-31(4-9-33)2-1-21-67-22-23-68-24-25-69-30-44(62)58-19-17-57(18-20-58)37-13-15-38-34(26-37)29-59(48(38)65)42-28-43(61)47(64)55-46(42)63;/h3-6,8-13,15-16,26-27,42,66H,1-2,7,14,17-25,28-30H2,(H,53,54)(H,55,63,64);1H. The average molecular weight is 998 g/mol. The van der Waals surface area contributed by atoms with E-state index in [1.165, 1.54) is 21.7 Å². The van der Waals surface area contributed by atoms with Gasteiger partial charge >= 0.3 is 0 Å². The third-order valence-electron chi connectivity index (χ3n) is 12.6. The number of Topliss-reactive ketones (excluding diaryl/α,β-unsaturated/α-hetero) is 1. The molecule has 9 rings (SSSR count). The molecule has 2 aromatic heterocycles. The summed E-state index contributed by atoms with van der Waals surface area (Å²) in [4.78, 5) is 74.9. The number of nitrogens with one attached hydrogen (secondary N) is 2. The molecule has 4 aromatic carbocycles. The van der Waals surface area contributed by atoms with Gasteiger partial charge in [-0.15, -0.1) is 12.4 Å². The number of rotatable bonds is 19. The number of hydrogen-bond acceptors (Lipinski definition) is 12. The van der Waals surface area contributed by atoms with Gasteiger partial charge in [-0.25, -0.2) is 9.37 Å². The van der Waals surface area contributed by atoms with Crippen LogP contribution in [0.15, 0.2) is 84.9 Å². The number of H-pyrrole nitrogens is 1. The molecule has 3 N–H and O–H groups in total. The fourth-order valence-corrected chi connectivity index (χ4v) is 8.97. The number of ether oxygens (including phenoxy) is 3. The molecule has 17 nitrogen and oxygen atoms in total. The highest BCUT2D eigenvalue weighted by atomic mass is 35.5.